The van der Waals surface area contributed by atoms with E-state index in [-0.39, 0.29) is 29.1 Å². The first-order valence-corrected chi connectivity index (χ1v) is 10.4. The summed E-state index contributed by atoms with van der Waals surface area (Å²) in [5, 5.41) is 5.79. The molecular weight excluding hydrogens is 458 g/mol. The lowest BCUT2D eigenvalue weighted by atomic mass is 10.1. The second-order valence-electron chi connectivity index (χ2n) is 7.98. The molecule has 0 aliphatic carbocycles. The van der Waals surface area contributed by atoms with Gasteiger partial charge < -0.3 is 10.2 Å². The van der Waals surface area contributed by atoms with Crippen molar-refractivity contribution < 1.29 is 27.2 Å². The Labute approximate surface area is 191 Å². The number of amides is 2. The molecule has 2 amide bonds. The first kappa shape index (κ1) is 23.4. The number of hydrogen-bond acceptors (Lipinski definition) is 5. The van der Waals surface area contributed by atoms with Crippen LogP contribution in [-0.4, -0.2) is 47.6 Å². The Balaban J connectivity index is 1.45. The van der Waals surface area contributed by atoms with Crippen molar-refractivity contribution in [3.8, 4) is 5.82 Å². The largest absolute Gasteiger partial charge is 0.435 e. The molecule has 4 rings (SSSR count). The Morgan fingerprint density at radius 2 is 2.00 bits per heavy atom. The number of nitrogens with one attached hydrogen (secondary N) is 1. The number of nitrogens with zero attached hydrogens (tertiary/aromatic N) is 6. The third-order valence-electron chi connectivity index (χ3n) is 5.52. The predicted octanol–water partition coefficient (Wildman–Crippen LogP) is 3.25. The second kappa shape index (κ2) is 8.88. The van der Waals surface area contributed by atoms with E-state index in [2.05, 4.69) is 20.4 Å². The molecule has 1 aliphatic rings. The van der Waals surface area contributed by atoms with Crippen molar-refractivity contribution in [3.05, 3.63) is 53.8 Å². The fraction of sp³-hybridized carbons (Fsp3) is 0.381. The van der Waals surface area contributed by atoms with Crippen molar-refractivity contribution in [2.75, 3.05) is 11.9 Å². The predicted molar refractivity (Wildman–Crippen MR) is 111 cm³/mol. The van der Waals surface area contributed by atoms with Crippen LogP contribution in [0.3, 0.4) is 0 Å². The maximum atomic E-state index is 14.7. The Kier molecular flexibility index (Phi) is 6.11. The van der Waals surface area contributed by atoms with Gasteiger partial charge in [0, 0.05) is 31.4 Å². The number of likely N-dealkylation sites (tertiary alicyclic amines) is 1. The van der Waals surface area contributed by atoms with Crippen LogP contribution in [0.2, 0.25) is 0 Å². The molecule has 0 radical (unpaired) electrons. The smallest absolute Gasteiger partial charge is 0.334 e. The van der Waals surface area contributed by atoms with Gasteiger partial charge in [-0.25, -0.2) is 14.4 Å². The summed E-state index contributed by atoms with van der Waals surface area (Å²) in [5.74, 6) is -1.54. The normalized spacial score (nSPS) is 16.2. The molecule has 1 fully saturated rings. The number of imidazole rings is 1. The number of halogens is 4. The van der Waals surface area contributed by atoms with E-state index in [1.165, 1.54) is 30.9 Å². The molecule has 1 N–H and O–H groups in total. The van der Waals surface area contributed by atoms with E-state index in [4.69, 9.17) is 0 Å². The van der Waals surface area contributed by atoms with Crippen LogP contribution >= 0.6 is 0 Å². The molecule has 3 aromatic heterocycles. The van der Waals surface area contributed by atoms with Crippen molar-refractivity contribution in [2.24, 2.45) is 0 Å². The van der Waals surface area contributed by atoms with Gasteiger partial charge in [-0.2, -0.15) is 18.3 Å². The van der Waals surface area contributed by atoms with Crippen LogP contribution in [0.15, 0.2) is 30.9 Å². The molecule has 0 aromatic carbocycles. The number of aromatic nitrogens is 5. The molecule has 4 heterocycles. The van der Waals surface area contributed by atoms with Crippen molar-refractivity contribution in [1.29, 1.82) is 0 Å². The van der Waals surface area contributed by atoms with Gasteiger partial charge in [0.1, 0.15) is 12.9 Å². The SMILES string of the molecule is CC(=O)N1CCCC1c1cn(-c2ncc(NC(=O)Cn3nc(C(F)(F)F)cc3C)cc2F)cn1. The fourth-order valence-electron chi connectivity index (χ4n) is 3.91. The number of pyridine rings is 1. The summed E-state index contributed by atoms with van der Waals surface area (Å²) in [6.45, 7) is 3.05. The van der Waals surface area contributed by atoms with E-state index < -0.39 is 30.1 Å². The quantitative estimate of drug-likeness (QED) is 0.567. The third kappa shape index (κ3) is 4.77. The summed E-state index contributed by atoms with van der Waals surface area (Å²) < 4.78 is 55.4. The van der Waals surface area contributed by atoms with E-state index in [0.717, 1.165) is 29.7 Å². The van der Waals surface area contributed by atoms with Crippen LogP contribution in [0, 0.1) is 12.7 Å². The molecule has 0 spiro atoms. The van der Waals surface area contributed by atoms with Crippen LogP contribution in [0.5, 0.6) is 0 Å². The maximum absolute atomic E-state index is 14.7. The Bertz CT molecular complexity index is 1230. The number of alkyl halides is 3. The van der Waals surface area contributed by atoms with Crippen LogP contribution in [-0.2, 0) is 22.3 Å². The van der Waals surface area contributed by atoms with E-state index in [1.54, 1.807) is 11.1 Å². The van der Waals surface area contributed by atoms with Crippen molar-refractivity contribution in [3.63, 3.8) is 0 Å². The topological polar surface area (TPSA) is 97.9 Å². The average Bonchev–Trinajstić information content (AvgIpc) is 3.47. The molecule has 34 heavy (non-hydrogen) atoms. The monoisotopic (exact) mass is 479 g/mol. The van der Waals surface area contributed by atoms with Gasteiger partial charge in [0.25, 0.3) is 0 Å². The summed E-state index contributed by atoms with van der Waals surface area (Å²) in [6, 6.07) is 1.71. The van der Waals surface area contributed by atoms with Crippen LogP contribution in [0.25, 0.3) is 5.82 Å². The number of carbonyl (C=O) groups excluding carboxylic acids is 2. The number of rotatable bonds is 5. The molecule has 13 heteroatoms. The zero-order valence-corrected chi connectivity index (χ0v) is 18.3. The minimum absolute atomic E-state index is 0.0333. The highest BCUT2D eigenvalue weighted by molar-refractivity contribution is 5.90. The summed E-state index contributed by atoms with van der Waals surface area (Å²) in [4.78, 5) is 34.1. The van der Waals surface area contributed by atoms with Crippen molar-refractivity contribution >= 4 is 17.5 Å². The standard InChI is InChI=1S/C21H21F4N7O2/c1-12-6-18(21(23,24)25)29-32(12)10-19(34)28-14-7-15(22)20(26-8-14)30-9-16(27-11-30)17-4-3-5-31(17)13(2)33/h6-9,11,17H,3-5,10H2,1-2H3,(H,28,34). The van der Waals surface area contributed by atoms with E-state index in [1.807, 2.05) is 0 Å². The highest BCUT2D eigenvalue weighted by atomic mass is 19.4. The van der Waals surface area contributed by atoms with Gasteiger partial charge in [-0.3, -0.25) is 18.8 Å². The lowest BCUT2D eigenvalue weighted by Crippen LogP contribution is -2.28. The Morgan fingerprint density at radius 3 is 2.65 bits per heavy atom. The van der Waals surface area contributed by atoms with Gasteiger partial charge in [-0.1, -0.05) is 0 Å². The van der Waals surface area contributed by atoms with Gasteiger partial charge in [0.15, 0.2) is 17.3 Å². The number of carbonyl (C=O) groups is 2. The van der Waals surface area contributed by atoms with Crippen LogP contribution in [0.1, 0.15) is 42.9 Å². The number of anilines is 1. The second-order valence-corrected chi connectivity index (χ2v) is 7.98. The molecular formula is C21H21F4N7O2. The first-order valence-electron chi connectivity index (χ1n) is 10.4. The van der Waals surface area contributed by atoms with Gasteiger partial charge in [0.2, 0.25) is 11.8 Å². The average molecular weight is 479 g/mol. The molecule has 180 valence electrons. The minimum Gasteiger partial charge on any atom is -0.334 e. The molecule has 1 aliphatic heterocycles. The molecule has 9 nitrogen and oxygen atoms in total. The van der Waals surface area contributed by atoms with Crippen LogP contribution in [0.4, 0.5) is 23.2 Å². The maximum Gasteiger partial charge on any atom is 0.435 e. The lowest BCUT2D eigenvalue weighted by Gasteiger charge is -2.21. The van der Waals surface area contributed by atoms with Gasteiger partial charge in [0.05, 0.1) is 23.6 Å². The van der Waals surface area contributed by atoms with Gasteiger partial charge in [-0.15, -0.1) is 0 Å². The Morgan fingerprint density at radius 1 is 1.24 bits per heavy atom. The minimum atomic E-state index is -4.62. The Hall–Kier alpha value is -3.77. The zero-order chi connectivity index (χ0) is 24.6. The highest BCUT2D eigenvalue weighted by Crippen LogP contribution is 2.31. The molecule has 1 atom stereocenters. The molecule has 0 saturated carbocycles. The lowest BCUT2D eigenvalue weighted by molar-refractivity contribution is -0.141. The first-order chi connectivity index (χ1) is 16.0. The highest BCUT2D eigenvalue weighted by Gasteiger charge is 2.34. The van der Waals surface area contributed by atoms with Crippen LogP contribution < -0.4 is 5.32 Å². The summed E-state index contributed by atoms with van der Waals surface area (Å²) in [7, 11) is 0. The van der Waals surface area contributed by atoms with Crippen molar-refractivity contribution in [2.45, 2.75) is 45.5 Å². The fourth-order valence-corrected chi connectivity index (χ4v) is 3.91. The van der Waals surface area contributed by atoms with E-state index >= 15 is 0 Å². The summed E-state index contributed by atoms with van der Waals surface area (Å²) >= 11 is 0. The summed E-state index contributed by atoms with van der Waals surface area (Å²) in [5.41, 5.74) is -0.285. The van der Waals surface area contributed by atoms with Gasteiger partial charge in [-0.05, 0) is 25.8 Å². The third-order valence-corrected chi connectivity index (χ3v) is 5.52. The molecule has 1 unspecified atom stereocenters. The van der Waals surface area contributed by atoms with E-state index in [0.29, 0.717) is 12.2 Å². The number of hydrogen-bond donors (Lipinski definition) is 1. The van der Waals surface area contributed by atoms with Gasteiger partial charge >= 0.3 is 6.18 Å². The zero-order valence-electron chi connectivity index (χ0n) is 18.3. The van der Waals surface area contributed by atoms with Crippen molar-refractivity contribution in [1.82, 2.24) is 29.2 Å². The molecule has 0 bridgehead atoms. The molecule has 1 saturated heterocycles. The van der Waals surface area contributed by atoms with E-state index in [9.17, 15) is 27.2 Å². The molecule has 3 aromatic rings. The number of aryl methyl sites for hydroxylation is 1. The summed E-state index contributed by atoms with van der Waals surface area (Å²) in [6.07, 6.45) is 1.23.